The minimum absolute atomic E-state index is 0.265. The molecule has 0 aliphatic carbocycles. The van der Waals surface area contributed by atoms with Crippen LogP contribution in [0.1, 0.15) is 16.8 Å². The second-order valence-corrected chi connectivity index (χ2v) is 6.71. The fourth-order valence-corrected chi connectivity index (χ4v) is 3.09. The largest absolute Gasteiger partial charge is 0.489 e. The van der Waals surface area contributed by atoms with Crippen molar-refractivity contribution in [2.75, 3.05) is 0 Å². The summed E-state index contributed by atoms with van der Waals surface area (Å²) in [4.78, 5) is 16.5. The molecule has 148 valence electrons. The highest BCUT2D eigenvalue weighted by Gasteiger charge is 2.12. The zero-order chi connectivity index (χ0) is 21.1. The molecule has 0 radical (unpaired) electrons. The number of ether oxygens (including phenoxy) is 1. The first-order chi connectivity index (χ1) is 14.6. The van der Waals surface area contributed by atoms with E-state index in [0.717, 1.165) is 28.1 Å². The summed E-state index contributed by atoms with van der Waals surface area (Å²) >= 11 is 0. The molecule has 0 saturated heterocycles. The molecule has 30 heavy (non-hydrogen) atoms. The lowest BCUT2D eigenvalue weighted by molar-refractivity contribution is 0.303. The Morgan fingerprint density at radius 1 is 1.07 bits per heavy atom. The van der Waals surface area contributed by atoms with Crippen molar-refractivity contribution in [3.8, 4) is 28.8 Å². The highest BCUT2D eigenvalue weighted by molar-refractivity contribution is 5.62. The van der Waals surface area contributed by atoms with Gasteiger partial charge in [0.1, 0.15) is 24.1 Å². The average molecular weight is 398 g/mol. The summed E-state index contributed by atoms with van der Waals surface area (Å²) in [7, 11) is 1.55. The monoisotopic (exact) mass is 398 g/mol. The maximum atomic E-state index is 12.2. The average Bonchev–Trinajstić information content (AvgIpc) is 3.11. The van der Waals surface area contributed by atoms with Gasteiger partial charge in [-0.3, -0.25) is 0 Å². The van der Waals surface area contributed by atoms with Gasteiger partial charge in [0.15, 0.2) is 0 Å². The molecule has 0 aliphatic rings. The third-order valence-corrected chi connectivity index (χ3v) is 4.66. The first-order valence-corrected chi connectivity index (χ1v) is 9.25. The number of aromatic nitrogens is 5. The Morgan fingerprint density at radius 3 is 2.63 bits per heavy atom. The molecule has 0 unspecified atom stereocenters. The standard InChI is InChI=1S/C22H18N6O2/c1-15-12-16(19-8-5-7-18(13-23)24-19)10-11-21(15)30-14-17-6-3-4-9-20(17)28-22(29)27(2)25-26-28/h3-12H,14H2,1-2H3. The number of para-hydroxylation sites is 1. The van der Waals surface area contributed by atoms with E-state index in [2.05, 4.69) is 21.5 Å². The Labute approximate surface area is 172 Å². The lowest BCUT2D eigenvalue weighted by Crippen LogP contribution is -2.23. The predicted octanol–water partition coefficient (Wildman–Crippen LogP) is 2.79. The SMILES string of the molecule is Cc1cc(-c2cccc(C#N)n2)ccc1OCc1ccccc1-n1nnn(C)c1=O. The van der Waals surface area contributed by atoms with E-state index < -0.39 is 0 Å². The van der Waals surface area contributed by atoms with Crippen LogP contribution in [0.15, 0.2) is 65.5 Å². The van der Waals surface area contributed by atoms with E-state index in [1.807, 2.05) is 55.5 Å². The Balaban J connectivity index is 1.57. The van der Waals surface area contributed by atoms with Gasteiger partial charge in [0.2, 0.25) is 0 Å². The van der Waals surface area contributed by atoms with Crippen molar-refractivity contribution in [1.82, 2.24) is 24.8 Å². The molecule has 2 heterocycles. The van der Waals surface area contributed by atoms with Crippen LogP contribution in [0, 0.1) is 18.3 Å². The third-order valence-electron chi connectivity index (χ3n) is 4.66. The summed E-state index contributed by atoms with van der Waals surface area (Å²) in [5.41, 5.74) is 4.07. The molecule has 0 bridgehead atoms. The zero-order valence-electron chi connectivity index (χ0n) is 16.5. The number of hydrogen-bond acceptors (Lipinski definition) is 6. The summed E-state index contributed by atoms with van der Waals surface area (Å²) < 4.78 is 8.45. The van der Waals surface area contributed by atoms with Gasteiger partial charge in [-0.1, -0.05) is 24.3 Å². The first-order valence-electron chi connectivity index (χ1n) is 9.25. The smallest absolute Gasteiger partial charge is 0.368 e. The number of nitriles is 1. The van der Waals surface area contributed by atoms with E-state index in [4.69, 9.17) is 10.00 Å². The summed E-state index contributed by atoms with van der Waals surface area (Å²) in [6, 6.07) is 20.6. The summed E-state index contributed by atoms with van der Waals surface area (Å²) in [5, 5.41) is 16.7. The number of aryl methyl sites for hydroxylation is 2. The van der Waals surface area contributed by atoms with E-state index in [1.165, 1.54) is 9.36 Å². The highest BCUT2D eigenvalue weighted by Crippen LogP contribution is 2.26. The van der Waals surface area contributed by atoms with Crippen LogP contribution in [-0.4, -0.2) is 24.8 Å². The number of rotatable bonds is 5. The lowest BCUT2D eigenvalue weighted by atomic mass is 10.1. The van der Waals surface area contributed by atoms with Crippen molar-refractivity contribution in [2.45, 2.75) is 13.5 Å². The molecular formula is C22H18N6O2. The molecule has 0 amide bonds. The van der Waals surface area contributed by atoms with Crippen molar-refractivity contribution in [1.29, 1.82) is 5.26 Å². The molecule has 0 atom stereocenters. The maximum absolute atomic E-state index is 12.2. The number of tetrazole rings is 1. The van der Waals surface area contributed by atoms with Gasteiger partial charge < -0.3 is 4.74 Å². The topological polar surface area (TPSA) is 98.6 Å². The zero-order valence-corrected chi connectivity index (χ0v) is 16.5. The van der Waals surface area contributed by atoms with Crippen LogP contribution in [0.4, 0.5) is 0 Å². The Bertz CT molecular complexity index is 1320. The van der Waals surface area contributed by atoms with Gasteiger partial charge in [-0.25, -0.2) is 9.78 Å². The highest BCUT2D eigenvalue weighted by atomic mass is 16.5. The van der Waals surface area contributed by atoms with E-state index in [1.54, 1.807) is 19.2 Å². The quantitative estimate of drug-likeness (QED) is 0.513. The van der Waals surface area contributed by atoms with Crippen molar-refractivity contribution < 1.29 is 4.74 Å². The first kappa shape index (κ1) is 19.1. The minimum Gasteiger partial charge on any atom is -0.489 e. The van der Waals surface area contributed by atoms with E-state index >= 15 is 0 Å². The van der Waals surface area contributed by atoms with Gasteiger partial charge >= 0.3 is 5.69 Å². The van der Waals surface area contributed by atoms with Gasteiger partial charge in [-0.05, 0) is 59.3 Å². The normalized spacial score (nSPS) is 10.6. The van der Waals surface area contributed by atoms with Crippen LogP contribution < -0.4 is 10.4 Å². The van der Waals surface area contributed by atoms with Crippen LogP contribution in [0.2, 0.25) is 0 Å². The Hall–Kier alpha value is -4.25. The van der Waals surface area contributed by atoms with Crippen molar-refractivity contribution in [2.24, 2.45) is 7.05 Å². The van der Waals surface area contributed by atoms with Gasteiger partial charge in [-0.2, -0.15) is 14.6 Å². The van der Waals surface area contributed by atoms with Gasteiger partial charge in [-0.15, -0.1) is 0 Å². The van der Waals surface area contributed by atoms with Crippen LogP contribution in [0.3, 0.4) is 0 Å². The number of hydrogen-bond donors (Lipinski definition) is 0. The summed E-state index contributed by atoms with van der Waals surface area (Å²) in [5.74, 6) is 0.719. The van der Waals surface area contributed by atoms with Crippen LogP contribution in [0.5, 0.6) is 5.75 Å². The van der Waals surface area contributed by atoms with E-state index in [9.17, 15) is 4.79 Å². The maximum Gasteiger partial charge on any atom is 0.368 e. The molecule has 8 nitrogen and oxygen atoms in total. The third kappa shape index (κ3) is 3.69. The molecule has 2 aromatic carbocycles. The number of benzene rings is 2. The molecule has 0 fully saturated rings. The molecule has 4 rings (SSSR count). The molecule has 0 spiro atoms. The van der Waals surface area contributed by atoms with E-state index in [0.29, 0.717) is 11.4 Å². The molecular weight excluding hydrogens is 380 g/mol. The van der Waals surface area contributed by atoms with Gasteiger partial charge in [0, 0.05) is 18.2 Å². The predicted molar refractivity (Wildman–Crippen MR) is 110 cm³/mol. The molecule has 0 N–H and O–H groups in total. The lowest BCUT2D eigenvalue weighted by Gasteiger charge is -2.13. The van der Waals surface area contributed by atoms with Gasteiger partial charge in [0.05, 0.1) is 11.4 Å². The molecule has 0 aliphatic heterocycles. The molecule has 4 aromatic rings. The Morgan fingerprint density at radius 2 is 1.90 bits per heavy atom. The number of nitrogens with zero attached hydrogens (tertiary/aromatic N) is 6. The van der Waals surface area contributed by atoms with Crippen LogP contribution in [-0.2, 0) is 13.7 Å². The minimum atomic E-state index is -0.324. The van der Waals surface area contributed by atoms with Crippen molar-refractivity contribution in [3.05, 3.63) is 88.0 Å². The van der Waals surface area contributed by atoms with Gasteiger partial charge in [0.25, 0.3) is 0 Å². The molecule has 8 heteroatoms. The fraction of sp³-hybridized carbons (Fsp3) is 0.136. The molecule has 2 aromatic heterocycles. The molecule has 0 saturated carbocycles. The van der Waals surface area contributed by atoms with Crippen LogP contribution in [0.25, 0.3) is 16.9 Å². The van der Waals surface area contributed by atoms with Crippen molar-refractivity contribution in [3.63, 3.8) is 0 Å². The summed E-state index contributed by atoms with van der Waals surface area (Å²) in [6.45, 7) is 2.22. The summed E-state index contributed by atoms with van der Waals surface area (Å²) in [6.07, 6.45) is 0. The van der Waals surface area contributed by atoms with Crippen LogP contribution >= 0.6 is 0 Å². The number of pyridine rings is 1. The Kier molecular flexibility index (Phi) is 5.09. The van der Waals surface area contributed by atoms with E-state index in [-0.39, 0.29) is 12.3 Å². The second-order valence-electron chi connectivity index (χ2n) is 6.71. The van der Waals surface area contributed by atoms with Crippen molar-refractivity contribution >= 4 is 0 Å². The fourth-order valence-electron chi connectivity index (χ4n) is 3.09. The second kappa shape index (κ2) is 8.01.